The highest BCUT2D eigenvalue weighted by molar-refractivity contribution is 5.21. The number of halogens is 1. The van der Waals surface area contributed by atoms with Crippen LogP contribution in [-0.2, 0) is 0 Å². The Labute approximate surface area is 89.4 Å². The summed E-state index contributed by atoms with van der Waals surface area (Å²) in [5.74, 6) is 0.522. The normalized spacial score (nSPS) is 20.5. The first kappa shape index (κ1) is 10.4. The minimum atomic E-state index is -0.222. The summed E-state index contributed by atoms with van der Waals surface area (Å²) in [5.41, 5.74) is 0. The molecule has 82 valence electrons. The van der Waals surface area contributed by atoms with E-state index in [1.54, 1.807) is 12.1 Å². The van der Waals surface area contributed by atoms with Crippen molar-refractivity contribution in [2.75, 3.05) is 13.2 Å². The SMILES string of the molecule is Fc1ccc(OCCC2CCCN2)cc1. The molecule has 1 heterocycles. The standard InChI is InChI=1S/C12H16FNO/c13-10-3-5-12(6-4-10)15-9-7-11-2-1-8-14-11/h3-6,11,14H,1-2,7-9H2. The zero-order chi connectivity index (χ0) is 10.5. The van der Waals surface area contributed by atoms with Crippen molar-refractivity contribution >= 4 is 0 Å². The second kappa shape index (κ2) is 5.12. The van der Waals surface area contributed by atoms with Gasteiger partial charge in [-0.3, -0.25) is 0 Å². The number of ether oxygens (including phenoxy) is 1. The molecule has 0 aromatic heterocycles. The molecule has 1 aromatic rings. The van der Waals surface area contributed by atoms with E-state index in [0.717, 1.165) is 18.7 Å². The van der Waals surface area contributed by atoms with E-state index in [-0.39, 0.29) is 5.82 Å². The van der Waals surface area contributed by atoms with Crippen molar-refractivity contribution in [2.24, 2.45) is 0 Å². The Bertz CT molecular complexity index is 293. The smallest absolute Gasteiger partial charge is 0.123 e. The third-order valence-corrected chi connectivity index (χ3v) is 2.71. The number of rotatable bonds is 4. The van der Waals surface area contributed by atoms with E-state index < -0.39 is 0 Å². The molecule has 2 nitrogen and oxygen atoms in total. The van der Waals surface area contributed by atoms with Crippen molar-refractivity contribution in [3.8, 4) is 5.75 Å². The third kappa shape index (κ3) is 3.20. The van der Waals surface area contributed by atoms with Crippen LogP contribution in [0.15, 0.2) is 24.3 Å². The van der Waals surface area contributed by atoms with E-state index in [0.29, 0.717) is 12.6 Å². The lowest BCUT2D eigenvalue weighted by molar-refractivity contribution is 0.292. The summed E-state index contributed by atoms with van der Waals surface area (Å²) in [5, 5.41) is 3.41. The van der Waals surface area contributed by atoms with E-state index in [4.69, 9.17) is 4.74 Å². The maximum absolute atomic E-state index is 12.6. The van der Waals surface area contributed by atoms with Crippen molar-refractivity contribution in [3.05, 3.63) is 30.1 Å². The molecule has 0 bridgehead atoms. The molecule has 1 N–H and O–H groups in total. The van der Waals surface area contributed by atoms with Crippen LogP contribution in [-0.4, -0.2) is 19.2 Å². The van der Waals surface area contributed by atoms with Gasteiger partial charge in [-0.05, 0) is 50.1 Å². The third-order valence-electron chi connectivity index (χ3n) is 2.71. The van der Waals surface area contributed by atoms with Gasteiger partial charge in [0.05, 0.1) is 6.61 Å². The van der Waals surface area contributed by atoms with Crippen molar-refractivity contribution in [2.45, 2.75) is 25.3 Å². The van der Waals surface area contributed by atoms with Crippen LogP contribution in [0.1, 0.15) is 19.3 Å². The summed E-state index contributed by atoms with van der Waals surface area (Å²) in [4.78, 5) is 0. The highest BCUT2D eigenvalue weighted by Crippen LogP contribution is 2.13. The summed E-state index contributed by atoms with van der Waals surface area (Å²) in [6.07, 6.45) is 3.53. The Balaban J connectivity index is 1.71. The van der Waals surface area contributed by atoms with E-state index in [1.807, 2.05) is 0 Å². The first-order valence-electron chi connectivity index (χ1n) is 5.46. The second-order valence-corrected chi connectivity index (χ2v) is 3.88. The fraction of sp³-hybridized carbons (Fsp3) is 0.500. The Kier molecular flexibility index (Phi) is 3.56. The van der Waals surface area contributed by atoms with Crippen LogP contribution in [0.2, 0.25) is 0 Å². The van der Waals surface area contributed by atoms with Gasteiger partial charge in [-0.2, -0.15) is 0 Å². The molecule has 0 amide bonds. The molecular formula is C12H16FNO. The fourth-order valence-corrected chi connectivity index (χ4v) is 1.85. The molecule has 15 heavy (non-hydrogen) atoms. The zero-order valence-corrected chi connectivity index (χ0v) is 8.71. The van der Waals surface area contributed by atoms with Gasteiger partial charge in [0.15, 0.2) is 0 Å². The lowest BCUT2D eigenvalue weighted by Crippen LogP contribution is -2.23. The minimum absolute atomic E-state index is 0.222. The molecule has 2 rings (SSSR count). The molecule has 1 fully saturated rings. The Morgan fingerprint density at radius 3 is 2.80 bits per heavy atom. The van der Waals surface area contributed by atoms with E-state index in [2.05, 4.69) is 5.32 Å². The molecule has 1 saturated heterocycles. The molecule has 0 aliphatic carbocycles. The van der Waals surface area contributed by atoms with Crippen molar-refractivity contribution in [1.29, 1.82) is 0 Å². The summed E-state index contributed by atoms with van der Waals surface area (Å²) in [6, 6.07) is 6.77. The van der Waals surface area contributed by atoms with Gasteiger partial charge >= 0.3 is 0 Å². The van der Waals surface area contributed by atoms with E-state index in [1.165, 1.54) is 25.0 Å². The molecule has 0 spiro atoms. The predicted octanol–water partition coefficient (Wildman–Crippen LogP) is 2.35. The molecular weight excluding hydrogens is 193 g/mol. The van der Waals surface area contributed by atoms with Crippen molar-refractivity contribution in [1.82, 2.24) is 5.32 Å². The average Bonchev–Trinajstić information content (AvgIpc) is 2.74. The maximum atomic E-state index is 12.6. The van der Waals surface area contributed by atoms with Gasteiger partial charge < -0.3 is 10.1 Å². The molecule has 0 radical (unpaired) electrons. The van der Waals surface area contributed by atoms with Gasteiger partial charge in [-0.15, -0.1) is 0 Å². The number of benzene rings is 1. The van der Waals surface area contributed by atoms with Crippen LogP contribution in [0.25, 0.3) is 0 Å². The van der Waals surface area contributed by atoms with Crippen LogP contribution in [0, 0.1) is 5.82 Å². The largest absolute Gasteiger partial charge is 0.494 e. The molecule has 1 aliphatic rings. The van der Waals surface area contributed by atoms with E-state index >= 15 is 0 Å². The predicted molar refractivity (Wildman–Crippen MR) is 57.5 cm³/mol. The highest BCUT2D eigenvalue weighted by atomic mass is 19.1. The zero-order valence-electron chi connectivity index (χ0n) is 8.71. The Morgan fingerprint density at radius 1 is 1.33 bits per heavy atom. The first-order chi connectivity index (χ1) is 7.34. The summed E-state index contributed by atoms with van der Waals surface area (Å²) in [6.45, 7) is 1.82. The van der Waals surface area contributed by atoms with Gasteiger partial charge in [0.1, 0.15) is 11.6 Å². The van der Waals surface area contributed by atoms with Gasteiger partial charge in [-0.1, -0.05) is 0 Å². The Hall–Kier alpha value is -1.09. The average molecular weight is 209 g/mol. The Morgan fingerprint density at radius 2 is 2.13 bits per heavy atom. The molecule has 1 aromatic carbocycles. The highest BCUT2D eigenvalue weighted by Gasteiger charge is 2.13. The van der Waals surface area contributed by atoms with Crippen LogP contribution >= 0.6 is 0 Å². The lowest BCUT2D eigenvalue weighted by atomic mass is 10.2. The van der Waals surface area contributed by atoms with Gasteiger partial charge in [-0.25, -0.2) is 4.39 Å². The molecule has 0 saturated carbocycles. The van der Waals surface area contributed by atoms with Crippen LogP contribution in [0.5, 0.6) is 5.75 Å². The quantitative estimate of drug-likeness (QED) is 0.821. The molecule has 1 unspecified atom stereocenters. The van der Waals surface area contributed by atoms with Gasteiger partial charge in [0.2, 0.25) is 0 Å². The van der Waals surface area contributed by atoms with Crippen LogP contribution in [0.3, 0.4) is 0 Å². The number of hydrogen-bond donors (Lipinski definition) is 1. The molecule has 3 heteroatoms. The van der Waals surface area contributed by atoms with Gasteiger partial charge in [0.25, 0.3) is 0 Å². The van der Waals surface area contributed by atoms with Gasteiger partial charge in [0, 0.05) is 6.04 Å². The topological polar surface area (TPSA) is 21.3 Å². The summed E-state index contributed by atoms with van der Waals surface area (Å²) < 4.78 is 18.1. The summed E-state index contributed by atoms with van der Waals surface area (Å²) in [7, 11) is 0. The molecule has 1 aliphatic heterocycles. The maximum Gasteiger partial charge on any atom is 0.123 e. The van der Waals surface area contributed by atoms with E-state index in [9.17, 15) is 4.39 Å². The molecule has 1 atom stereocenters. The van der Waals surface area contributed by atoms with Crippen molar-refractivity contribution in [3.63, 3.8) is 0 Å². The van der Waals surface area contributed by atoms with Crippen LogP contribution < -0.4 is 10.1 Å². The minimum Gasteiger partial charge on any atom is -0.494 e. The van der Waals surface area contributed by atoms with Crippen molar-refractivity contribution < 1.29 is 9.13 Å². The summed E-state index contributed by atoms with van der Waals surface area (Å²) >= 11 is 0. The number of nitrogens with one attached hydrogen (secondary N) is 1. The fourth-order valence-electron chi connectivity index (χ4n) is 1.85. The lowest BCUT2D eigenvalue weighted by Gasteiger charge is -2.10. The number of hydrogen-bond acceptors (Lipinski definition) is 2. The van der Waals surface area contributed by atoms with Crippen LogP contribution in [0.4, 0.5) is 4.39 Å². The first-order valence-corrected chi connectivity index (χ1v) is 5.46. The monoisotopic (exact) mass is 209 g/mol. The second-order valence-electron chi connectivity index (χ2n) is 3.88.